The molecule has 1 amide bonds. The Labute approximate surface area is 165 Å². The Hall–Kier alpha value is -2.02. The van der Waals surface area contributed by atoms with Crippen LogP contribution >= 0.6 is 15.9 Å². The molecule has 2 aromatic rings. The minimum atomic E-state index is -2.67. The molecule has 2 atom stereocenters. The summed E-state index contributed by atoms with van der Waals surface area (Å²) >= 11 is 3.47. The van der Waals surface area contributed by atoms with E-state index in [9.17, 15) is 13.6 Å². The fourth-order valence-corrected chi connectivity index (χ4v) is 4.37. The normalized spacial score (nSPS) is 23.6. The van der Waals surface area contributed by atoms with Gasteiger partial charge in [0, 0.05) is 35.0 Å². The molecule has 27 heavy (non-hydrogen) atoms. The van der Waals surface area contributed by atoms with Crippen molar-refractivity contribution in [3.8, 4) is 0 Å². The highest BCUT2D eigenvalue weighted by Gasteiger charge is 2.43. The molecule has 2 aliphatic rings. The van der Waals surface area contributed by atoms with Gasteiger partial charge >= 0.3 is 0 Å². The molecule has 142 valence electrons. The minimum Gasteiger partial charge on any atom is -0.338 e. The number of fused-ring (bicyclic) bond motifs is 2. The lowest BCUT2D eigenvalue weighted by Crippen LogP contribution is -2.42. The predicted molar refractivity (Wildman–Crippen MR) is 104 cm³/mol. The predicted octanol–water partition coefficient (Wildman–Crippen LogP) is 5.51. The number of alkyl halides is 2. The van der Waals surface area contributed by atoms with Gasteiger partial charge in [-0.3, -0.25) is 4.79 Å². The third-order valence-electron chi connectivity index (χ3n) is 5.44. The van der Waals surface area contributed by atoms with E-state index in [4.69, 9.17) is 0 Å². The van der Waals surface area contributed by atoms with Gasteiger partial charge in [0.15, 0.2) is 0 Å². The monoisotopic (exact) mass is 435 g/mol. The van der Waals surface area contributed by atoms with E-state index in [0.29, 0.717) is 12.4 Å². The highest BCUT2D eigenvalue weighted by atomic mass is 79.9. The van der Waals surface area contributed by atoms with Crippen LogP contribution in [0, 0.1) is 11.8 Å². The molecule has 0 radical (unpaired) electrons. The van der Waals surface area contributed by atoms with Crippen molar-refractivity contribution < 1.29 is 13.6 Å². The largest absolute Gasteiger partial charge is 0.338 e. The van der Waals surface area contributed by atoms with Gasteiger partial charge in [-0.2, -0.15) is 0 Å². The number of amides is 1. The number of anilines is 3. The maximum absolute atomic E-state index is 13.7. The molecule has 1 aromatic carbocycles. The summed E-state index contributed by atoms with van der Waals surface area (Å²) < 4.78 is 28.3. The number of carbonyl (C=O) groups excluding carboxylic acids is 1. The summed E-state index contributed by atoms with van der Waals surface area (Å²) in [5.41, 5.74) is 2.40. The second kappa shape index (κ2) is 6.86. The van der Waals surface area contributed by atoms with Crippen LogP contribution in [0.2, 0.25) is 0 Å². The number of carbonyl (C=O) groups is 1. The summed E-state index contributed by atoms with van der Waals surface area (Å²) in [5.74, 6) is -2.83. The topological polar surface area (TPSA) is 45.2 Å². The number of benzene rings is 1. The molecule has 1 fully saturated rings. The average Bonchev–Trinajstić information content (AvgIpc) is 2.77. The van der Waals surface area contributed by atoms with Gasteiger partial charge in [0.05, 0.1) is 17.9 Å². The van der Waals surface area contributed by atoms with Crippen LogP contribution in [0.5, 0.6) is 0 Å². The van der Waals surface area contributed by atoms with Gasteiger partial charge in [0.2, 0.25) is 11.8 Å². The lowest BCUT2D eigenvalue weighted by atomic mass is 9.77. The zero-order valence-corrected chi connectivity index (χ0v) is 16.5. The molecule has 1 aromatic heterocycles. The standard InChI is InChI=1S/C20H20BrF2N3O/c1-12-10-20(22,23)7-6-15(12)19(27)26-11-13-3-2-8-24-18(13)25-16-5-4-14(21)9-17(16)26/h2-5,8-9,12,15H,6-7,10-11H2,1H3,(H,24,25)/t12-,15?/m0/s1. The van der Waals surface area contributed by atoms with Gasteiger partial charge in [-0.15, -0.1) is 0 Å². The summed E-state index contributed by atoms with van der Waals surface area (Å²) in [6.07, 6.45) is 1.44. The minimum absolute atomic E-state index is 0.101. The second-order valence-electron chi connectivity index (χ2n) is 7.40. The number of hydrogen-bond acceptors (Lipinski definition) is 3. The Morgan fingerprint density at radius 3 is 2.96 bits per heavy atom. The van der Waals surface area contributed by atoms with Gasteiger partial charge in [-0.1, -0.05) is 28.9 Å². The van der Waals surface area contributed by atoms with E-state index in [0.717, 1.165) is 21.4 Å². The molecule has 7 heteroatoms. The molecule has 1 N–H and O–H groups in total. The first-order valence-corrected chi connectivity index (χ1v) is 9.83. The van der Waals surface area contributed by atoms with E-state index >= 15 is 0 Å². The molecule has 4 nitrogen and oxygen atoms in total. The first-order valence-electron chi connectivity index (χ1n) is 9.04. The number of hydrogen-bond donors (Lipinski definition) is 1. The van der Waals surface area contributed by atoms with Crippen LogP contribution in [-0.4, -0.2) is 16.8 Å². The van der Waals surface area contributed by atoms with Crippen molar-refractivity contribution in [2.24, 2.45) is 11.8 Å². The second-order valence-corrected chi connectivity index (χ2v) is 8.32. The molecule has 2 heterocycles. The lowest BCUT2D eigenvalue weighted by molar-refractivity contribution is -0.130. The van der Waals surface area contributed by atoms with Crippen LogP contribution in [-0.2, 0) is 11.3 Å². The summed E-state index contributed by atoms with van der Waals surface area (Å²) in [6, 6.07) is 9.43. The van der Waals surface area contributed by atoms with Crippen molar-refractivity contribution in [3.05, 3.63) is 46.6 Å². The van der Waals surface area contributed by atoms with E-state index < -0.39 is 11.8 Å². The number of nitrogens with one attached hydrogen (secondary N) is 1. The van der Waals surface area contributed by atoms with E-state index in [1.54, 1.807) is 18.0 Å². The summed E-state index contributed by atoms with van der Waals surface area (Å²) in [4.78, 5) is 19.5. The molecule has 0 bridgehead atoms. The van der Waals surface area contributed by atoms with Gasteiger partial charge in [-0.25, -0.2) is 13.8 Å². The van der Waals surface area contributed by atoms with Gasteiger partial charge < -0.3 is 10.2 Å². The third-order valence-corrected chi connectivity index (χ3v) is 5.93. The number of nitrogens with zero attached hydrogens (tertiary/aromatic N) is 2. The van der Waals surface area contributed by atoms with E-state index in [1.165, 1.54) is 0 Å². The van der Waals surface area contributed by atoms with Gasteiger partial charge in [0.1, 0.15) is 5.82 Å². The maximum atomic E-state index is 13.7. The number of pyridine rings is 1. The molecule has 1 saturated carbocycles. The van der Waals surface area contributed by atoms with Crippen molar-refractivity contribution in [1.29, 1.82) is 0 Å². The average molecular weight is 436 g/mol. The quantitative estimate of drug-likeness (QED) is 0.642. The van der Waals surface area contributed by atoms with Gasteiger partial charge in [-0.05, 0) is 36.6 Å². The van der Waals surface area contributed by atoms with Gasteiger partial charge in [0.25, 0.3) is 0 Å². The summed E-state index contributed by atoms with van der Waals surface area (Å²) in [7, 11) is 0. The smallest absolute Gasteiger partial charge is 0.248 e. The molecule has 1 aliphatic heterocycles. The maximum Gasteiger partial charge on any atom is 0.248 e. The zero-order chi connectivity index (χ0) is 19.2. The Bertz CT molecular complexity index is 889. The zero-order valence-electron chi connectivity index (χ0n) is 14.9. The molecule has 1 aliphatic carbocycles. The van der Waals surface area contributed by atoms with Crippen LogP contribution in [0.1, 0.15) is 31.7 Å². The van der Waals surface area contributed by atoms with Crippen LogP contribution in [0.3, 0.4) is 0 Å². The first-order chi connectivity index (χ1) is 12.8. The SMILES string of the molecule is C[C@H]1CC(F)(F)CCC1C(=O)N1Cc2cccnc2Nc2ccc(Br)cc21. The van der Waals surface area contributed by atoms with Crippen molar-refractivity contribution in [2.45, 2.75) is 38.7 Å². The fraction of sp³-hybridized carbons (Fsp3) is 0.400. The molecular weight excluding hydrogens is 416 g/mol. The summed E-state index contributed by atoms with van der Waals surface area (Å²) in [5, 5.41) is 3.30. The summed E-state index contributed by atoms with van der Waals surface area (Å²) in [6.45, 7) is 2.11. The Morgan fingerprint density at radius 2 is 2.19 bits per heavy atom. The van der Waals surface area contributed by atoms with Crippen LogP contribution in [0.15, 0.2) is 41.0 Å². The molecule has 0 saturated heterocycles. The molecule has 0 spiro atoms. The van der Waals surface area contributed by atoms with Crippen molar-refractivity contribution >= 4 is 39.0 Å². The fourth-order valence-electron chi connectivity index (χ4n) is 4.03. The van der Waals surface area contributed by atoms with Crippen molar-refractivity contribution in [1.82, 2.24) is 4.98 Å². The van der Waals surface area contributed by atoms with Crippen molar-refractivity contribution in [3.63, 3.8) is 0 Å². The Morgan fingerprint density at radius 1 is 1.37 bits per heavy atom. The number of rotatable bonds is 1. The highest BCUT2D eigenvalue weighted by Crippen LogP contribution is 2.43. The van der Waals surface area contributed by atoms with Crippen molar-refractivity contribution in [2.75, 3.05) is 10.2 Å². The number of halogens is 3. The first kappa shape index (κ1) is 18.3. The Kier molecular flexibility index (Phi) is 4.66. The Balaban J connectivity index is 1.73. The number of aromatic nitrogens is 1. The molecule has 4 rings (SSSR count). The lowest BCUT2D eigenvalue weighted by Gasteiger charge is -2.36. The molecule has 1 unspecified atom stereocenters. The third kappa shape index (κ3) is 3.57. The van der Waals surface area contributed by atoms with Crippen LogP contribution in [0.4, 0.5) is 26.0 Å². The van der Waals surface area contributed by atoms with Crippen LogP contribution < -0.4 is 10.2 Å². The highest BCUT2D eigenvalue weighted by molar-refractivity contribution is 9.10. The van der Waals surface area contributed by atoms with Crippen LogP contribution in [0.25, 0.3) is 0 Å². The van der Waals surface area contributed by atoms with E-state index in [1.807, 2.05) is 30.3 Å². The van der Waals surface area contributed by atoms with E-state index in [2.05, 4.69) is 26.2 Å². The van der Waals surface area contributed by atoms with E-state index in [-0.39, 0.29) is 31.1 Å². The molecular formula is C20H20BrF2N3O.